The number of halogens is 2. The molecular formula is C39H44Cl2N10O3Si2. The second-order valence-electron chi connectivity index (χ2n) is 16.0. The number of aromatic nitrogens is 10. The van der Waals surface area contributed by atoms with E-state index in [9.17, 15) is 4.79 Å². The van der Waals surface area contributed by atoms with Crippen molar-refractivity contribution >= 4 is 90.0 Å². The Morgan fingerprint density at radius 3 is 1.75 bits per heavy atom. The molecule has 13 nitrogen and oxygen atoms in total. The molecule has 0 atom stereocenters. The van der Waals surface area contributed by atoms with E-state index < -0.39 is 16.1 Å². The maximum atomic E-state index is 11.6. The van der Waals surface area contributed by atoms with Crippen LogP contribution in [0.1, 0.15) is 10.4 Å². The Hall–Kier alpha value is -4.78. The van der Waals surface area contributed by atoms with E-state index in [2.05, 4.69) is 64.2 Å². The van der Waals surface area contributed by atoms with E-state index in [1.165, 1.54) is 0 Å². The number of hydrogen-bond donors (Lipinski definition) is 0. The topological polar surface area (TPSA) is 133 Å². The molecule has 0 N–H and O–H groups in total. The number of fused-ring (bicyclic) bond motifs is 4. The van der Waals surface area contributed by atoms with Gasteiger partial charge in [-0.15, -0.1) is 0 Å². The summed E-state index contributed by atoms with van der Waals surface area (Å²) in [6.45, 7) is 16.3. The predicted molar refractivity (Wildman–Crippen MR) is 228 cm³/mol. The van der Waals surface area contributed by atoms with Crippen LogP contribution in [0.5, 0.6) is 0 Å². The number of imidazole rings is 2. The van der Waals surface area contributed by atoms with E-state index in [0.29, 0.717) is 52.7 Å². The van der Waals surface area contributed by atoms with E-state index in [0.717, 1.165) is 64.0 Å². The molecule has 8 aromatic rings. The third-order valence-electron chi connectivity index (χ3n) is 9.12. The summed E-state index contributed by atoms with van der Waals surface area (Å²) in [6, 6.07) is 15.3. The minimum atomic E-state index is -1.15. The van der Waals surface area contributed by atoms with Crippen LogP contribution in [-0.2, 0) is 22.9 Å². The fourth-order valence-corrected chi connectivity index (χ4v) is 7.81. The van der Waals surface area contributed by atoms with Crippen LogP contribution in [0, 0.1) is 0 Å². The van der Waals surface area contributed by atoms with Crippen LogP contribution in [0.2, 0.25) is 61.4 Å². The van der Waals surface area contributed by atoms with Gasteiger partial charge in [-0.05, 0) is 54.6 Å². The molecule has 0 aliphatic carbocycles. The minimum Gasteiger partial charge on any atom is -0.361 e. The van der Waals surface area contributed by atoms with Crippen LogP contribution in [0.3, 0.4) is 0 Å². The summed E-state index contributed by atoms with van der Waals surface area (Å²) in [7, 11) is -2.23. The second-order valence-corrected chi connectivity index (χ2v) is 28.1. The number of ether oxygens (including phenoxy) is 2. The van der Waals surface area contributed by atoms with Crippen LogP contribution in [0.25, 0.3) is 56.0 Å². The Balaban J connectivity index is 0.000000172. The molecule has 0 aliphatic rings. The van der Waals surface area contributed by atoms with Gasteiger partial charge in [-0.1, -0.05) is 62.5 Å². The first-order valence-electron chi connectivity index (χ1n) is 18.3. The first-order valence-corrected chi connectivity index (χ1v) is 26.5. The Morgan fingerprint density at radius 2 is 1.20 bits per heavy atom. The first-order chi connectivity index (χ1) is 26.8. The zero-order valence-electron chi connectivity index (χ0n) is 32.3. The summed E-state index contributed by atoms with van der Waals surface area (Å²) in [4.78, 5) is 38.9. The lowest BCUT2D eigenvalue weighted by Crippen LogP contribution is -2.22. The van der Waals surface area contributed by atoms with E-state index in [1.807, 2.05) is 54.8 Å². The molecule has 56 heavy (non-hydrogen) atoms. The number of hydrogen-bond acceptors (Lipinski definition) is 9. The van der Waals surface area contributed by atoms with E-state index in [4.69, 9.17) is 37.7 Å². The molecule has 0 aliphatic heterocycles. The van der Waals surface area contributed by atoms with Gasteiger partial charge in [0, 0.05) is 51.8 Å². The van der Waals surface area contributed by atoms with Crippen molar-refractivity contribution in [3.05, 3.63) is 95.5 Å². The van der Waals surface area contributed by atoms with Crippen molar-refractivity contribution in [2.75, 3.05) is 13.2 Å². The largest absolute Gasteiger partial charge is 0.361 e. The highest BCUT2D eigenvalue weighted by Gasteiger charge is 2.17. The first kappa shape index (κ1) is 39.5. The SMILES string of the molecule is C[Si](C)(C)CCOCn1cc(C=O)c2nc(-n3cnc4cc(Cl)ccc43)cnc21.C[Si](C)(C)CCOCn1ccc2nc(-n3cnc4cc(Cl)ccc43)cnc21. The lowest BCUT2D eigenvalue weighted by atomic mass is 10.3. The molecule has 0 amide bonds. The molecule has 0 fully saturated rings. The molecule has 0 saturated carbocycles. The van der Waals surface area contributed by atoms with Crippen LogP contribution in [0.4, 0.5) is 0 Å². The molecule has 8 rings (SSSR count). The number of benzene rings is 2. The van der Waals surface area contributed by atoms with Gasteiger partial charge >= 0.3 is 0 Å². The smallest absolute Gasteiger partial charge is 0.161 e. The third-order valence-corrected chi connectivity index (χ3v) is 13.0. The molecular weight excluding hydrogens is 784 g/mol. The van der Waals surface area contributed by atoms with Crippen molar-refractivity contribution in [1.29, 1.82) is 0 Å². The molecule has 290 valence electrons. The van der Waals surface area contributed by atoms with Crippen molar-refractivity contribution in [3.63, 3.8) is 0 Å². The van der Waals surface area contributed by atoms with Gasteiger partial charge in [0.15, 0.2) is 29.2 Å². The van der Waals surface area contributed by atoms with Gasteiger partial charge in [0.25, 0.3) is 0 Å². The highest BCUT2D eigenvalue weighted by atomic mass is 35.5. The normalized spacial score (nSPS) is 12.2. The summed E-state index contributed by atoms with van der Waals surface area (Å²) in [5.41, 5.74) is 6.71. The summed E-state index contributed by atoms with van der Waals surface area (Å²) in [5, 5.41) is 1.29. The van der Waals surface area contributed by atoms with Crippen molar-refractivity contribution < 1.29 is 14.3 Å². The number of carbonyl (C=O) groups is 1. The van der Waals surface area contributed by atoms with Crippen LogP contribution < -0.4 is 0 Å². The third kappa shape index (κ3) is 9.09. The molecule has 17 heteroatoms. The van der Waals surface area contributed by atoms with Crippen molar-refractivity contribution in [2.45, 2.75) is 64.8 Å². The number of carbonyl (C=O) groups excluding carboxylic acids is 1. The lowest BCUT2D eigenvalue weighted by molar-refractivity contribution is 0.0896. The Labute approximate surface area is 336 Å². The molecule has 0 spiro atoms. The zero-order valence-corrected chi connectivity index (χ0v) is 35.8. The van der Waals surface area contributed by atoms with E-state index >= 15 is 0 Å². The van der Waals surface area contributed by atoms with Crippen molar-refractivity contribution in [3.8, 4) is 11.6 Å². The van der Waals surface area contributed by atoms with Crippen molar-refractivity contribution in [1.82, 2.24) is 48.2 Å². The Bertz CT molecular complexity index is 2660. The van der Waals surface area contributed by atoms with Gasteiger partial charge in [0.2, 0.25) is 0 Å². The average molecular weight is 828 g/mol. The monoisotopic (exact) mass is 826 g/mol. The molecule has 0 saturated heterocycles. The summed E-state index contributed by atoms with van der Waals surface area (Å²) >= 11 is 12.1. The maximum absolute atomic E-state index is 11.6. The molecule has 0 unspecified atom stereocenters. The van der Waals surface area contributed by atoms with Crippen LogP contribution in [-0.4, -0.2) is 83.8 Å². The standard InChI is InChI=1S/C20H22ClN5O2Si.C19H22ClN5OSi/c1-29(2,3)7-6-28-13-25-10-14(11-27)19-20(25)22-9-18(24-19)26-12-23-16-8-15(21)4-5-17(16)26;1-27(2,3)9-8-26-13-24-7-6-15-19(24)21-11-18(23-15)25-12-22-16-10-14(20)4-5-17(16)25/h4-5,8-12H,6-7,13H2,1-3H3;4-7,10-12H,8-9,13H2,1-3H3. The summed E-state index contributed by atoms with van der Waals surface area (Å²) < 4.78 is 19.2. The number of aldehydes is 1. The highest BCUT2D eigenvalue weighted by Crippen LogP contribution is 2.25. The molecule has 6 heterocycles. The van der Waals surface area contributed by atoms with Gasteiger partial charge in [-0.2, -0.15) is 0 Å². The quantitative estimate of drug-likeness (QED) is 0.0634. The summed E-state index contributed by atoms with van der Waals surface area (Å²) in [6.07, 6.45) is 11.4. The van der Waals surface area contributed by atoms with E-state index in [1.54, 1.807) is 43.4 Å². The number of nitrogens with zero attached hydrogens (tertiary/aromatic N) is 10. The highest BCUT2D eigenvalue weighted by molar-refractivity contribution is 6.76. The minimum absolute atomic E-state index is 0.343. The Kier molecular flexibility index (Phi) is 11.5. The maximum Gasteiger partial charge on any atom is 0.161 e. The van der Waals surface area contributed by atoms with Crippen LogP contribution in [0.15, 0.2) is 79.9 Å². The fraction of sp³-hybridized carbons (Fsp3) is 0.308. The van der Waals surface area contributed by atoms with Gasteiger partial charge in [-0.25, -0.2) is 29.9 Å². The zero-order chi connectivity index (χ0) is 39.6. The lowest BCUT2D eigenvalue weighted by Gasteiger charge is -2.15. The predicted octanol–water partition coefficient (Wildman–Crippen LogP) is 9.28. The number of rotatable bonds is 13. The Morgan fingerprint density at radius 1 is 0.661 bits per heavy atom. The van der Waals surface area contributed by atoms with Gasteiger partial charge < -0.3 is 18.6 Å². The van der Waals surface area contributed by atoms with Crippen molar-refractivity contribution in [2.24, 2.45) is 0 Å². The summed E-state index contributed by atoms with van der Waals surface area (Å²) in [5.74, 6) is 1.31. The second kappa shape index (κ2) is 16.4. The van der Waals surface area contributed by atoms with Gasteiger partial charge in [0.05, 0.1) is 40.0 Å². The van der Waals surface area contributed by atoms with Gasteiger partial charge in [-0.3, -0.25) is 13.9 Å². The average Bonchev–Trinajstić information content (AvgIpc) is 3.94. The fourth-order valence-electron chi connectivity index (χ4n) is 5.96. The molecule has 0 radical (unpaired) electrons. The molecule has 0 bridgehead atoms. The van der Waals surface area contributed by atoms with E-state index in [-0.39, 0.29) is 0 Å². The van der Waals surface area contributed by atoms with Crippen LogP contribution >= 0.6 is 23.2 Å². The molecule has 2 aromatic carbocycles. The molecule has 6 aromatic heterocycles. The van der Waals surface area contributed by atoms with Gasteiger partial charge in [0.1, 0.15) is 37.1 Å².